The predicted molar refractivity (Wildman–Crippen MR) is 78.4 cm³/mol. The summed E-state index contributed by atoms with van der Waals surface area (Å²) < 4.78 is 6.14. The van der Waals surface area contributed by atoms with Crippen molar-refractivity contribution in [1.29, 1.82) is 0 Å². The average molecular weight is 262 g/mol. The van der Waals surface area contributed by atoms with Gasteiger partial charge in [0.15, 0.2) is 0 Å². The van der Waals surface area contributed by atoms with Gasteiger partial charge in [0.1, 0.15) is 6.10 Å². The normalized spacial score (nSPS) is 23.3. The standard InChI is InChI=1S/C16H26N2O/c1-4-13-7-5-6-8-15(13)19-16-10-9-14(11-17-3)12(2)18-16/h9-10,13,15,17H,4-8,11H2,1-3H3. The molecule has 1 aromatic rings. The van der Waals surface area contributed by atoms with E-state index in [0.29, 0.717) is 12.0 Å². The van der Waals surface area contributed by atoms with Gasteiger partial charge in [-0.05, 0) is 51.1 Å². The van der Waals surface area contributed by atoms with E-state index in [4.69, 9.17) is 4.74 Å². The van der Waals surface area contributed by atoms with E-state index >= 15 is 0 Å². The Bertz CT molecular complexity index is 406. The number of aryl methyl sites for hydroxylation is 1. The van der Waals surface area contributed by atoms with Crippen LogP contribution in [0.15, 0.2) is 12.1 Å². The molecule has 2 atom stereocenters. The molecule has 0 saturated heterocycles. The Morgan fingerprint density at radius 2 is 2.11 bits per heavy atom. The Labute approximate surface area is 116 Å². The molecule has 0 amide bonds. The molecular weight excluding hydrogens is 236 g/mol. The number of rotatable bonds is 5. The molecule has 1 fully saturated rings. The second kappa shape index (κ2) is 6.90. The van der Waals surface area contributed by atoms with Gasteiger partial charge in [0, 0.05) is 18.3 Å². The summed E-state index contributed by atoms with van der Waals surface area (Å²) in [5.74, 6) is 1.50. The van der Waals surface area contributed by atoms with Crippen LogP contribution in [0.3, 0.4) is 0 Å². The van der Waals surface area contributed by atoms with Crippen molar-refractivity contribution in [3.05, 3.63) is 23.4 Å². The molecule has 0 aliphatic heterocycles. The van der Waals surface area contributed by atoms with E-state index in [1.165, 1.54) is 37.7 Å². The molecule has 2 unspecified atom stereocenters. The maximum Gasteiger partial charge on any atom is 0.213 e. The lowest BCUT2D eigenvalue weighted by molar-refractivity contribution is 0.0857. The minimum absolute atomic E-state index is 0.362. The summed E-state index contributed by atoms with van der Waals surface area (Å²) in [5.41, 5.74) is 2.31. The summed E-state index contributed by atoms with van der Waals surface area (Å²) in [7, 11) is 1.96. The van der Waals surface area contributed by atoms with Crippen molar-refractivity contribution in [1.82, 2.24) is 10.3 Å². The van der Waals surface area contributed by atoms with Crippen LogP contribution in [0.4, 0.5) is 0 Å². The number of hydrogen-bond donors (Lipinski definition) is 1. The zero-order valence-electron chi connectivity index (χ0n) is 12.4. The van der Waals surface area contributed by atoms with Gasteiger partial charge in [-0.2, -0.15) is 0 Å². The number of ether oxygens (including phenoxy) is 1. The van der Waals surface area contributed by atoms with Crippen LogP contribution in [0.1, 0.15) is 50.3 Å². The highest BCUT2D eigenvalue weighted by Crippen LogP contribution is 2.30. The Morgan fingerprint density at radius 1 is 1.32 bits per heavy atom. The lowest BCUT2D eigenvalue weighted by Crippen LogP contribution is -2.30. The second-order valence-corrected chi connectivity index (χ2v) is 5.53. The lowest BCUT2D eigenvalue weighted by Gasteiger charge is -2.30. The SMILES string of the molecule is CCC1CCCCC1Oc1ccc(CNC)c(C)n1. The van der Waals surface area contributed by atoms with Gasteiger partial charge < -0.3 is 10.1 Å². The number of pyridine rings is 1. The summed E-state index contributed by atoms with van der Waals surface area (Å²) in [4.78, 5) is 4.59. The lowest BCUT2D eigenvalue weighted by atomic mass is 9.85. The molecule has 0 aromatic carbocycles. The van der Waals surface area contributed by atoms with Crippen molar-refractivity contribution in [2.45, 2.75) is 58.6 Å². The molecule has 1 N–H and O–H groups in total. The number of aromatic nitrogens is 1. The van der Waals surface area contributed by atoms with Crippen LogP contribution < -0.4 is 10.1 Å². The van der Waals surface area contributed by atoms with E-state index in [1.807, 2.05) is 13.1 Å². The Morgan fingerprint density at radius 3 is 2.79 bits per heavy atom. The molecule has 1 saturated carbocycles. The van der Waals surface area contributed by atoms with Crippen LogP contribution in [-0.4, -0.2) is 18.1 Å². The van der Waals surface area contributed by atoms with E-state index in [0.717, 1.165) is 18.1 Å². The number of nitrogens with one attached hydrogen (secondary N) is 1. The average Bonchev–Trinajstić information content (AvgIpc) is 2.43. The van der Waals surface area contributed by atoms with E-state index in [-0.39, 0.29) is 0 Å². The predicted octanol–water partition coefficient (Wildman–Crippen LogP) is 3.46. The topological polar surface area (TPSA) is 34.1 Å². The van der Waals surface area contributed by atoms with Crippen LogP contribution in [-0.2, 0) is 6.54 Å². The summed E-state index contributed by atoms with van der Waals surface area (Å²) in [5, 5.41) is 3.16. The maximum atomic E-state index is 6.14. The Hall–Kier alpha value is -1.09. The van der Waals surface area contributed by atoms with Gasteiger partial charge in [0.05, 0.1) is 0 Å². The minimum Gasteiger partial charge on any atom is -0.474 e. The van der Waals surface area contributed by atoms with Gasteiger partial charge in [-0.15, -0.1) is 0 Å². The van der Waals surface area contributed by atoms with Crippen LogP contribution in [0.5, 0.6) is 5.88 Å². The van der Waals surface area contributed by atoms with E-state index in [1.54, 1.807) is 0 Å². The van der Waals surface area contributed by atoms with Crippen molar-refractivity contribution in [3.63, 3.8) is 0 Å². The highest BCUT2D eigenvalue weighted by atomic mass is 16.5. The fraction of sp³-hybridized carbons (Fsp3) is 0.688. The van der Waals surface area contributed by atoms with Crippen molar-refractivity contribution in [2.75, 3.05) is 7.05 Å². The van der Waals surface area contributed by atoms with Crippen LogP contribution in [0.2, 0.25) is 0 Å². The molecule has 19 heavy (non-hydrogen) atoms. The van der Waals surface area contributed by atoms with E-state index in [9.17, 15) is 0 Å². The van der Waals surface area contributed by atoms with Crippen molar-refractivity contribution < 1.29 is 4.74 Å². The molecule has 1 aliphatic carbocycles. The number of nitrogens with zero attached hydrogens (tertiary/aromatic N) is 1. The van der Waals surface area contributed by atoms with Gasteiger partial charge in [0.2, 0.25) is 5.88 Å². The summed E-state index contributed by atoms with van der Waals surface area (Å²) in [6.45, 7) is 5.18. The highest BCUT2D eigenvalue weighted by molar-refractivity contribution is 5.25. The fourth-order valence-corrected chi connectivity index (χ4v) is 2.96. The van der Waals surface area contributed by atoms with Crippen molar-refractivity contribution in [2.24, 2.45) is 5.92 Å². The summed E-state index contributed by atoms with van der Waals surface area (Å²) in [6, 6.07) is 4.14. The first-order chi connectivity index (χ1) is 9.24. The second-order valence-electron chi connectivity index (χ2n) is 5.53. The van der Waals surface area contributed by atoms with Crippen LogP contribution in [0.25, 0.3) is 0 Å². The van der Waals surface area contributed by atoms with Gasteiger partial charge in [-0.3, -0.25) is 0 Å². The molecular formula is C16H26N2O. The minimum atomic E-state index is 0.362. The first kappa shape index (κ1) is 14.3. The molecule has 106 valence electrons. The quantitative estimate of drug-likeness (QED) is 0.882. The monoisotopic (exact) mass is 262 g/mol. The molecule has 1 aromatic heterocycles. The molecule has 3 nitrogen and oxygen atoms in total. The molecule has 0 bridgehead atoms. The maximum absolute atomic E-state index is 6.14. The fourth-order valence-electron chi connectivity index (χ4n) is 2.96. The van der Waals surface area contributed by atoms with E-state index < -0.39 is 0 Å². The van der Waals surface area contributed by atoms with Crippen molar-refractivity contribution in [3.8, 4) is 5.88 Å². The third kappa shape index (κ3) is 3.69. The molecule has 1 aliphatic rings. The first-order valence-electron chi connectivity index (χ1n) is 7.52. The summed E-state index contributed by atoms with van der Waals surface area (Å²) in [6.07, 6.45) is 6.70. The highest BCUT2D eigenvalue weighted by Gasteiger charge is 2.25. The zero-order valence-corrected chi connectivity index (χ0v) is 12.4. The van der Waals surface area contributed by atoms with Crippen LogP contribution in [0, 0.1) is 12.8 Å². The molecule has 0 radical (unpaired) electrons. The van der Waals surface area contributed by atoms with Crippen molar-refractivity contribution >= 4 is 0 Å². The first-order valence-corrected chi connectivity index (χ1v) is 7.52. The third-order valence-corrected chi connectivity index (χ3v) is 4.17. The van der Waals surface area contributed by atoms with Gasteiger partial charge in [-0.25, -0.2) is 4.98 Å². The van der Waals surface area contributed by atoms with Gasteiger partial charge in [-0.1, -0.05) is 19.4 Å². The zero-order chi connectivity index (χ0) is 13.7. The molecule has 1 heterocycles. The number of hydrogen-bond acceptors (Lipinski definition) is 3. The largest absolute Gasteiger partial charge is 0.474 e. The molecule has 2 rings (SSSR count). The Kier molecular flexibility index (Phi) is 5.20. The molecule has 0 spiro atoms. The van der Waals surface area contributed by atoms with Gasteiger partial charge >= 0.3 is 0 Å². The van der Waals surface area contributed by atoms with Gasteiger partial charge in [0.25, 0.3) is 0 Å². The van der Waals surface area contributed by atoms with Crippen LogP contribution >= 0.6 is 0 Å². The third-order valence-electron chi connectivity index (χ3n) is 4.17. The van der Waals surface area contributed by atoms with E-state index in [2.05, 4.69) is 30.2 Å². The molecule has 3 heteroatoms. The smallest absolute Gasteiger partial charge is 0.213 e. The Balaban J connectivity index is 2.03. The summed E-state index contributed by atoms with van der Waals surface area (Å²) >= 11 is 0.